The van der Waals surface area contributed by atoms with Crippen LogP contribution >= 0.6 is 23.2 Å². The van der Waals surface area contributed by atoms with Gasteiger partial charge in [-0.15, -0.1) is 0 Å². The van der Waals surface area contributed by atoms with E-state index in [0.29, 0.717) is 28.7 Å². The number of halogens is 2. The first-order valence-corrected chi connectivity index (χ1v) is 6.87. The van der Waals surface area contributed by atoms with E-state index >= 15 is 0 Å². The average molecular weight is 315 g/mol. The third-order valence-electron chi connectivity index (χ3n) is 3.02. The maximum atomic E-state index is 10.2. The van der Waals surface area contributed by atoms with Crippen LogP contribution in [-0.4, -0.2) is 38.4 Å². The largest absolute Gasteiger partial charge is 0.387 e. The smallest absolute Gasteiger partial charge is 0.140 e. The van der Waals surface area contributed by atoms with Crippen LogP contribution in [0.2, 0.25) is 10.0 Å². The van der Waals surface area contributed by atoms with Crippen molar-refractivity contribution in [2.75, 3.05) is 13.6 Å². The summed E-state index contributed by atoms with van der Waals surface area (Å²) in [6.45, 7) is 1.03. The van der Waals surface area contributed by atoms with E-state index in [-0.39, 0.29) is 0 Å². The van der Waals surface area contributed by atoms with Gasteiger partial charge in [-0.25, -0.2) is 4.98 Å². The van der Waals surface area contributed by atoms with Crippen molar-refractivity contribution in [1.82, 2.24) is 19.7 Å². The molecule has 0 amide bonds. The van der Waals surface area contributed by atoms with E-state index in [9.17, 15) is 5.11 Å². The summed E-state index contributed by atoms with van der Waals surface area (Å²) in [6, 6.07) is 5.09. The summed E-state index contributed by atoms with van der Waals surface area (Å²) in [5.74, 6) is 0.835. The molecule has 1 N–H and O–H groups in total. The van der Waals surface area contributed by atoms with Crippen LogP contribution in [0.15, 0.2) is 24.5 Å². The van der Waals surface area contributed by atoms with Crippen molar-refractivity contribution in [2.45, 2.75) is 12.6 Å². The molecule has 108 valence electrons. The summed E-state index contributed by atoms with van der Waals surface area (Å²) >= 11 is 11.9. The van der Waals surface area contributed by atoms with Crippen LogP contribution < -0.4 is 0 Å². The lowest BCUT2D eigenvalue weighted by Crippen LogP contribution is -2.25. The molecule has 2 aromatic rings. The summed E-state index contributed by atoms with van der Waals surface area (Å²) in [5, 5.41) is 15.3. The van der Waals surface area contributed by atoms with Crippen LogP contribution in [0.4, 0.5) is 0 Å². The van der Waals surface area contributed by atoms with E-state index < -0.39 is 6.10 Å². The van der Waals surface area contributed by atoms with Gasteiger partial charge in [0.05, 0.1) is 12.6 Å². The quantitative estimate of drug-likeness (QED) is 0.920. The van der Waals surface area contributed by atoms with Crippen molar-refractivity contribution in [2.24, 2.45) is 7.05 Å². The van der Waals surface area contributed by atoms with Gasteiger partial charge in [-0.05, 0) is 19.2 Å². The van der Waals surface area contributed by atoms with Crippen molar-refractivity contribution >= 4 is 23.2 Å². The molecular formula is C13H16Cl2N4O. The summed E-state index contributed by atoms with van der Waals surface area (Å²) in [6.07, 6.45) is 0.827. The van der Waals surface area contributed by atoms with Gasteiger partial charge in [0.2, 0.25) is 0 Å². The highest BCUT2D eigenvalue weighted by Gasteiger charge is 2.15. The molecule has 7 heteroatoms. The monoisotopic (exact) mass is 314 g/mol. The molecule has 0 saturated heterocycles. The molecule has 0 spiro atoms. The van der Waals surface area contributed by atoms with Crippen LogP contribution in [0, 0.1) is 0 Å². The first kappa shape index (κ1) is 15.3. The SMILES string of the molecule is CN(Cc1ncnn1C)CC(O)c1ccc(Cl)cc1Cl. The molecule has 2 rings (SSSR count). The Labute approximate surface area is 127 Å². The second kappa shape index (κ2) is 6.54. The van der Waals surface area contributed by atoms with Crippen LogP contribution in [-0.2, 0) is 13.6 Å². The predicted molar refractivity (Wildman–Crippen MR) is 78.8 cm³/mol. The van der Waals surface area contributed by atoms with Crippen molar-refractivity contribution < 1.29 is 5.11 Å². The summed E-state index contributed by atoms with van der Waals surface area (Å²) < 4.78 is 1.71. The van der Waals surface area contributed by atoms with Gasteiger partial charge < -0.3 is 5.11 Å². The number of aliphatic hydroxyl groups is 1. The zero-order valence-electron chi connectivity index (χ0n) is 11.3. The number of rotatable bonds is 5. The number of benzene rings is 1. The van der Waals surface area contributed by atoms with Crippen molar-refractivity contribution in [3.63, 3.8) is 0 Å². The Morgan fingerprint density at radius 2 is 2.15 bits per heavy atom. The van der Waals surface area contributed by atoms with Crippen LogP contribution in [0.1, 0.15) is 17.5 Å². The van der Waals surface area contributed by atoms with Gasteiger partial charge in [0.1, 0.15) is 12.2 Å². The Morgan fingerprint density at radius 1 is 1.40 bits per heavy atom. The topological polar surface area (TPSA) is 54.2 Å². The molecular weight excluding hydrogens is 299 g/mol. The van der Waals surface area contributed by atoms with Gasteiger partial charge in [0.15, 0.2) is 0 Å². The maximum Gasteiger partial charge on any atom is 0.140 e. The minimum atomic E-state index is -0.682. The lowest BCUT2D eigenvalue weighted by molar-refractivity contribution is 0.122. The molecule has 20 heavy (non-hydrogen) atoms. The van der Waals surface area contributed by atoms with Gasteiger partial charge in [-0.2, -0.15) is 5.10 Å². The minimum Gasteiger partial charge on any atom is -0.387 e. The number of hydrogen-bond acceptors (Lipinski definition) is 4. The molecule has 1 unspecified atom stereocenters. The molecule has 0 bridgehead atoms. The van der Waals surface area contributed by atoms with E-state index in [1.807, 2.05) is 19.0 Å². The zero-order valence-corrected chi connectivity index (χ0v) is 12.8. The zero-order chi connectivity index (χ0) is 14.7. The maximum absolute atomic E-state index is 10.2. The third-order valence-corrected chi connectivity index (χ3v) is 3.59. The highest BCUT2D eigenvalue weighted by atomic mass is 35.5. The Balaban J connectivity index is 2.00. The van der Waals surface area contributed by atoms with Crippen molar-refractivity contribution in [3.05, 3.63) is 46.0 Å². The molecule has 0 fully saturated rings. The molecule has 1 heterocycles. The fourth-order valence-electron chi connectivity index (χ4n) is 1.93. The van der Waals surface area contributed by atoms with Gasteiger partial charge in [0, 0.05) is 29.2 Å². The first-order chi connectivity index (χ1) is 9.47. The highest BCUT2D eigenvalue weighted by Crippen LogP contribution is 2.26. The van der Waals surface area contributed by atoms with Crippen molar-refractivity contribution in [3.8, 4) is 0 Å². The molecule has 0 aliphatic heterocycles. The van der Waals surface area contributed by atoms with E-state index in [0.717, 1.165) is 5.82 Å². The van der Waals surface area contributed by atoms with Crippen LogP contribution in [0.3, 0.4) is 0 Å². The van der Waals surface area contributed by atoms with E-state index in [1.54, 1.807) is 22.9 Å². The molecule has 5 nitrogen and oxygen atoms in total. The average Bonchev–Trinajstić information content (AvgIpc) is 2.74. The second-order valence-corrected chi connectivity index (χ2v) is 5.52. The number of aliphatic hydroxyl groups excluding tert-OH is 1. The van der Waals surface area contributed by atoms with Gasteiger partial charge >= 0.3 is 0 Å². The first-order valence-electron chi connectivity index (χ1n) is 6.12. The van der Waals surface area contributed by atoms with E-state index in [2.05, 4.69) is 10.1 Å². The second-order valence-electron chi connectivity index (χ2n) is 4.68. The molecule has 1 aromatic heterocycles. The highest BCUT2D eigenvalue weighted by molar-refractivity contribution is 6.35. The Morgan fingerprint density at radius 3 is 2.75 bits per heavy atom. The lowest BCUT2D eigenvalue weighted by Gasteiger charge is -2.21. The normalized spacial score (nSPS) is 12.9. The van der Waals surface area contributed by atoms with E-state index in [1.165, 1.54) is 6.33 Å². The molecule has 1 aromatic carbocycles. The summed E-state index contributed by atoms with van der Waals surface area (Å²) in [7, 11) is 3.74. The molecule has 0 aliphatic carbocycles. The molecule has 0 radical (unpaired) electrons. The molecule has 0 aliphatic rings. The molecule has 1 atom stereocenters. The number of likely N-dealkylation sites (N-methyl/N-ethyl adjacent to an activating group) is 1. The number of hydrogen-bond donors (Lipinski definition) is 1. The Hall–Kier alpha value is -1.14. The van der Waals surface area contributed by atoms with Gasteiger partial charge in [-0.1, -0.05) is 29.3 Å². The van der Waals surface area contributed by atoms with Gasteiger partial charge in [-0.3, -0.25) is 9.58 Å². The Bertz CT molecular complexity index is 588. The van der Waals surface area contributed by atoms with Crippen molar-refractivity contribution in [1.29, 1.82) is 0 Å². The molecule has 0 saturated carbocycles. The van der Waals surface area contributed by atoms with Crippen LogP contribution in [0.25, 0.3) is 0 Å². The number of aromatic nitrogens is 3. The minimum absolute atomic E-state index is 0.439. The predicted octanol–water partition coefficient (Wildman–Crippen LogP) is 2.29. The standard InChI is InChI=1S/C13H16Cl2N4O/c1-18(7-13-16-8-17-19(13)2)6-12(20)10-4-3-9(14)5-11(10)15/h3-5,8,12,20H,6-7H2,1-2H3. The lowest BCUT2D eigenvalue weighted by atomic mass is 10.1. The van der Waals surface area contributed by atoms with Gasteiger partial charge in [0.25, 0.3) is 0 Å². The summed E-state index contributed by atoms with van der Waals surface area (Å²) in [5.41, 5.74) is 0.667. The Kier molecular flexibility index (Phi) is 4.99. The third kappa shape index (κ3) is 3.70. The fourth-order valence-corrected chi connectivity index (χ4v) is 2.47. The fraction of sp³-hybridized carbons (Fsp3) is 0.385. The number of aryl methyl sites for hydroxylation is 1. The van der Waals surface area contributed by atoms with E-state index in [4.69, 9.17) is 23.2 Å². The number of nitrogens with zero attached hydrogens (tertiary/aromatic N) is 4. The summed E-state index contributed by atoms with van der Waals surface area (Å²) in [4.78, 5) is 6.11. The van der Waals surface area contributed by atoms with Crippen LogP contribution in [0.5, 0.6) is 0 Å².